The number of likely N-dealkylation sites (tertiary alicyclic amines) is 1. The Balaban J connectivity index is 1.66. The number of fused-ring (bicyclic) bond motifs is 1. The lowest BCUT2D eigenvalue weighted by Crippen LogP contribution is -2.45. The molecule has 1 aliphatic heterocycles. The van der Waals surface area contributed by atoms with Gasteiger partial charge in [-0.05, 0) is 74.2 Å². The first kappa shape index (κ1) is 27.1. The van der Waals surface area contributed by atoms with Gasteiger partial charge in [0, 0.05) is 53.7 Å². The highest BCUT2D eigenvalue weighted by atomic mass is 35.5. The molecule has 1 amide bonds. The van der Waals surface area contributed by atoms with Crippen molar-refractivity contribution in [1.82, 2.24) is 9.47 Å². The van der Waals surface area contributed by atoms with Crippen molar-refractivity contribution in [2.75, 3.05) is 13.1 Å². The molecule has 0 bridgehead atoms. The van der Waals surface area contributed by atoms with E-state index in [1.165, 1.54) is 12.1 Å². The van der Waals surface area contributed by atoms with E-state index in [4.69, 9.17) is 23.2 Å². The van der Waals surface area contributed by atoms with Crippen LogP contribution >= 0.6 is 23.2 Å². The summed E-state index contributed by atoms with van der Waals surface area (Å²) in [7, 11) is 1.79. The van der Waals surface area contributed by atoms with Crippen molar-refractivity contribution in [1.29, 1.82) is 0 Å². The quantitative estimate of drug-likeness (QED) is 0.337. The number of hydrogen-bond acceptors (Lipinski definition) is 2. The number of carboxylic acid groups (broad SMARTS) is 1. The van der Waals surface area contributed by atoms with Crippen LogP contribution in [0.3, 0.4) is 0 Å². The summed E-state index contributed by atoms with van der Waals surface area (Å²) in [6.07, 6.45) is 1.63. The predicted octanol–water partition coefficient (Wildman–Crippen LogP) is 6.99. The Kier molecular flexibility index (Phi) is 7.16. The van der Waals surface area contributed by atoms with Gasteiger partial charge in [0.2, 0.25) is 0 Å². The SMILES string of the molecule is C=CC(F)(F)c1cc(C)c2cc(Cc3c(Cl)ccc(C(=O)N4CCC(C)(C(=O)O)CC4)c3Cl)n(C)c2c1. The normalized spacial score (nSPS) is 15.7. The summed E-state index contributed by atoms with van der Waals surface area (Å²) in [5.41, 5.74) is 2.00. The van der Waals surface area contributed by atoms with E-state index < -0.39 is 17.3 Å². The molecule has 0 unspecified atom stereocenters. The smallest absolute Gasteiger partial charge is 0.309 e. The van der Waals surface area contributed by atoms with Crippen LogP contribution in [0.15, 0.2) is 43.0 Å². The second kappa shape index (κ2) is 9.76. The van der Waals surface area contributed by atoms with Crippen LogP contribution in [0.2, 0.25) is 10.0 Å². The fourth-order valence-corrected chi connectivity index (χ4v) is 5.42. The zero-order valence-corrected chi connectivity index (χ0v) is 22.4. The Morgan fingerprint density at radius 3 is 2.43 bits per heavy atom. The molecule has 3 aromatic rings. The van der Waals surface area contributed by atoms with E-state index in [2.05, 4.69) is 6.58 Å². The molecule has 1 N–H and O–H groups in total. The van der Waals surface area contributed by atoms with Crippen LogP contribution in [0, 0.1) is 12.3 Å². The Morgan fingerprint density at radius 2 is 1.84 bits per heavy atom. The topological polar surface area (TPSA) is 62.5 Å². The van der Waals surface area contributed by atoms with Gasteiger partial charge >= 0.3 is 5.97 Å². The van der Waals surface area contributed by atoms with E-state index in [1.807, 2.05) is 10.6 Å². The van der Waals surface area contributed by atoms with Gasteiger partial charge in [0.25, 0.3) is 11.8 Å². The molecule has 0 aliphatic carbocycles. The standard InChI is InChI=1S/C28H28Cl2F2N2O3/c1-5-28(31,32)17-12-16(2)20-14-18(33(4)23(20)13-17)15-21-22(29)7-6-19(24(21)30)25(35)34-10-8-27(3,9-11-34)26(36)37/h5-7,12-14H,1,8-11,15H2,2-4H3,(H,36,37). The van der Waals surface area contributed by atoms with Crippen molar-refractivity contribution < 1.29 is 23.5 Å². The van der Waals surface area contributed by atoms with Crippen molar-refractivity contribution in [3.05, 3.63) is 81.0 Å². The summed E-state index contributed by atoms with van der Waals surface area (Å²) < 4.78 is 30.4. The van der Waals surface area contributed by atoms with Crippen LogP contribution in [-0.4, -0.2) is 39.5 Å². The number of piperidine rings is 1. The van der Waals surface area contributed by atoms with Gasteiger partial charge in [0.1, 0.15) is 0 Å². The van der Waals surface area contributed by atoms with Crippen molar-refractivity contribution >= 4 is 46.0 Å². The first-order valence-corrected chi connectivity index (χ1v) is 12.6. The summed E-state index contributed by atoms with van der Waals surface area (Å²) in [4.78, 5) is 26.5. The highest BCUT2D eigenvalue weighted by Crippen LogP contribution is 2.37. The number of alkyl halides is 2. The van der Waals surface area contributed by atoms with Gasteiger partial charge < -0.3 is 14.6 Å². The number of aromatic nitrogens is 1. The minimum absolute atomic E-state index is 0.135. The lowest BCUT2D eigenvalue weighted by molar-refractivity contribution is -0.150. The third-order valence-electron chi connectivity index (χ3n) is 7.55. The molecule has 1 aromatic heterocycles. The molecular formula is C28H28Cl2F2N2O3. The number of rotatable bonds is 6. The minimum atomic E-state index is -3.15. The number of carboxylic acids is 1. The Labute approximate surface area is 224 Å². The Morgan fingerprint density at radius 1 is 1.19 bits per heavy atom. The molecule has 9 heteroatoms. The maximum Gasteiger partial charge on any atom is 0.309 e. The zero-order chi connectivity index (χ0) is 27.3. The summed E-state index contributed by atoms with van der Waals surface area (Å²) in [5.74, 6) is -4.29. The third-order valence-corrected chi connectivity index (χ3v) is 8.34. The summed E-state index contributed by atoms with van der Waals surface area (Å²) in [5, 5.41) is 10.9. The lowest BCUT2D eigenvalue weighted by Gasteiger charge is -2.36. The molecule has 37 heavy (non-hydrogen) atoms. The highest BCUT2D eigenvalue weighted by molar-refractivity contribution is 6.38. The minimum Gasteiger partial charge on any atom is -0.481 e. The fraction of sp³-hybridized carbons (Fsp3) is 0.357. The maximum absolute atomic E-state index is 14.3. The van der Waals surface area contributed by atoms with Crippen LogP contribution in [0.5, 0.6) is 0 Å². The van der Waals surface area contributed by atoms with Gasteiger partial charge in [-0.3, -0.25) is 9.59 Å². The number of allylic oxidation sites excluding steroid dienone is 1. The van der Waals surface area contributed by atoms with Crippen molar-refractivity contribution in [3.63, 3.8) is 0 Å². The van der Waals surface area contributed by atoms with Gasteiger partial charge in [0.05, 0.1) is 16.0 Å². The first-order valence-electron chi connectivity index (χ1n) is 11.9. The van der Waals surface area contributed by atoms with Gasteiger partial charge in [0.15, 0.2) is 0 Å². The summed E-state index contributed by atoms with van der Waals surface area (Å²) in [6, 6.07) is 8.03. The number of nitrogens with zero attached hydrogens (tertiary/aromatic N) is 2. The fourth-order valence-electron chi connectivity index (χ4n) is 4.84. The largest absolute Gasteiger partial charge is 0.481 e. The number of halogens is 4. The van der Waals surface area contributed by atoms with Crippen LogP contribution < -0.4 is 0 Å². The van der Waals surface area contributed by atoms with Gasteiger partial charge in [-0.25, -0.2) is 0 Å². The van der Waals surface area contributed by atoms with Crippen molar-refractivity contribution in [2.45, 2.75) is 39.0 Å². The number of carbonyl (C=O) groups is 2. The monoisotopic (exact) mass is 548 g/mol. The number of carbonyl (C=O) groups excluding carboxylic acids is 1. The Hall–Kier alpha value is -2.90. The number of aryl methyl sites for hydroxylation is 2. The molecule has 0 spiro atoms. The molecule has 1 aliphatic rings. The van der Waals surface area contributed by atoms with E-state index in [0.717, 1.165) is 11.1 Å². The number of hydrogen-bond donors (Lipinski definition) is 1. The summed E-state index contributed by atoms with van der Waals surface area (Å²) >= 11 is 13.2. The van der Waals surface area contributed by atoms with E-state index in [-0.39, 0.29) is 22.9 Å². The maximum atomic E-state index is 14.3. The van der Waals surface area contributed by atoms with Gasteiger partial charge in [-0.2, -0.15) is 8.78 Å². The molecular weight excluding hydrogens is 521 g/mol. The van der Waals surface area contributed by atoms with Crippen molar-refractivity contribution in [2.24, 2.45) is 12.5 Å². The lowest BCUT2D eigenvalue weighted by atomic mass is 9.80. The molecule has 5 nitrogen and oxygen atoms in total. The number of benzene rings is 2. The molecule has 0 radical (unpaired) electrons. The van der Waals surface area contributed by atoms with E-state index >= 15 is 0 Å². The average Bonchev–Trinajstić information content (AvgIpc) is 3.17. The Bertz CT molecular complexity index is 1420. The van der Waals surface area contributed by atoms with Gasteiger partial charge in [-0.1, -0.05) is 29.8 Å². The zero-order valence-electron chi connectivity index (χ0n) is 20.9. The highest BCUT2D eigenvalue weighted by Gasteiger charge is 2.38. The van der Waals surface area contributed by atoms with Crippen LogP contribution in [0.1, 0.15) is 52.5 Å². The second-order valence-corrected chi connectivity index (χ2v) is 10.8. The predicted molar refractivity (Wildman–Crippen MR) is 142 cm³/mol. The first-order chi connectivity index (χ1) is 17.3. The van der Waals surface area contributed by atoms with E-state index in [1.54, 1.807) is 37.9 Å². The van der Waals surface area contributed by atoms with Crippen LogP contribution in [0.25, 0.3) is 10.9 Å². The van der Waals surface area contributed by atoms with Crippen molar-refractivity contribution in [3.8, 4) is 0 Å². The molecule has 2 aromatic carbocycles. The molecule has 196 valence electrons. The van der Waals surface area contributed by atoms with E-state index in [0.29, 0.717) is 59.2 Å². The molecule has 0 atom stereocenters. The molecule has 4 rings (SSSR count). The van der Waals surface area contributed by atoms with Crippen LogP contribution in [-0.2, 0) is 24.2 Å². The number of amides is 1. The molecule has 1 fully saturated rings. The molecule has 0 saturated carbocycles. The number of aliphatic carboxylic acids is 1. The molecule has 1 saturated heterocycles. The third kappa shape index (κ3) is 4.87. The van der Waals surface area contributed by atoms with E-state index in [9.17, 15) is 23.5 Å². The average molecular weight is 549 g/mol. The molecule has 2 heterocycles. The van der Waals surface area contributed by atoms with Crippen LogP contribution in [0.4, 0.5) is 8.78 Å². The second-order valence-electron chi connectivity index (χ2n) is 9.97. The van der Waals surface area contributed by atoms with Gasteiger partial charge in [-0.15, -0.1) is 0 Å². The summed E-state index contributed by atoms with van der Waals surface area (Å²) in [6.45, 7) is 7.35.